The molecule has 1 aromatic rings. The molecule has 0 bridgehead atoms. The summed E-state index contributed by atoms with van der Waals surface area (Å²) in [5, 5.41) is 15.7. The molecule has 0 radical (unpaired) electrons. The lowest BCUT2D eigenvalue weighted by Gasteiger charge is -2.27. The van der Waals surface area contributed by atoms with E-state index in [1.54, 1.807) is 4.90 Å². The molecule has 3 rings (SSSR count). The number of hydrogen-bond donors (Lipinski definition) is 3. The molecule has 3 atom stereocenters. The molecule has 36 heavy (non-hydrogen) atoms. The maximum atomic E-state index is 12.9. The average Bonchev–Trinajstić information content (AvgIpc) is 3.27. The minimum atomic E-state index is -1.03. The fourth-order valence-corrected chi connectivity index (χ4v) is 5.17. The second-order valence-electron chi connectivity index (χ2n) is 10.1. The molecule has 0 saturated carbocycles. The minimum Gasteiger partial charge on any atom is -0.480 e. The molecule has 1 aromatic heterocycles. The van der Waals surface area contributed by atoms with Gasteiger partial charge in [0.25, 0.3) is 0 Å². The number of aliphatic carboxylic acids is 1. The summed E-state index contributed by atoms with van der Waals surface area (Å²) in [6.07, 6.45) is 9.32. The second kappa shape index (κ2) is 14.2. The number of aryl methyl sites for hydroxylation is 2. The molecule has 200 valence electrons. The van der Waals surface area contributed by atoms with E-state index in [1.807, 2.05) is 6.92 Å². The molecule has 1 fully saturated rings. The van der Waals surface area contributed by atoms with Crippen LogP contribution in [0.25, 0.3) is 0 Å². The van der Waals surface area contributed by atoms with E-state index >= 15 is 0 Å². The highest BCUT2D eigenvalue weighted by molar-refractivity contribution is 5.91. The zero-order valence-corrected chi connectivity index (χ0v) is 21.8. The first kappa shape index (κ1) is 27.9. The number of aromatic nitrogens is 1. The summed E-state index contributed by atoms with van der Waals surface area (Å²) in [5.74, 6) is -0.500. The van der Waals surface area contributed by atoms with E-state index in [0.717, 1.165) is 75.8 Å². The molecule has 9 nitrogen and oxygen atoms in total. The summed E-state index contributed by atoms with van der Waals surface area (Å²) < 4.78 is 4.98. The van der Waals surface area contributed by atoms with E-state index < -0.39 is 18.1 Å². The Hall–Kier alpha value is -2.68. The van der Waals surface area contributed by atoms with E-state index in [4.69, 9.17) is 9.72 Å². The van der Waals surface area contributed by atoms with Gasteiger partial charge in [-0.2, -0.15) is 0 Å². The molecule has 0 spiro atoms. The third kappa shape index (κ3) is 7.91. The monoisotopic (exact) mass is 502 g/mol. The Morgan fingerprint density at radius 1 is 1.22 bits per heavy atom. The summed E-state index contributed by atoms with van der Waals surface area (Å²) in [4.78, 5) is 43.5. The number of carbonyl (C=O) groups excluding carboxylic acids is 2. The number of carbonyl (C=O) groups is 3. The third-order valence-corrected chi connectivity index (χ3v) is 7.30. The van der Waals surface area contributed by atoms with Gasteiger partial charge < -0.3 is 25.4 Å². The van der Waals surface area contributed by atoms with Crippen LogP contribution in [-0.4, -0.2) is 71.7 Å². The van der Waals surface area contributed by atoms with Gasteiger partial charge in [-0.05, 0) is 56.1 Å². The lowest BCUT2D eigenvalue weighted by atomic mass is 10.0. The molecule has 2 aliphatic rings. The van der Waals surface area contributed by atoms with Crippen LogP contribution >= 0.6 is 0 Å². The zero-order chi connectivity index (χ0) is 25.9. The van der Waals surface area contributed by atoms with Gasteiger partial charge in [0.2, 0.25) is 11.8 Å². The van der Waals surface area contributed by atoms with Crippen LogP contribution in [0.3, 0.4) is 0 Å². The largest absolute Gasteiger partial charge is 0.480 e. The fourth-order valence-electron chi connectivity index (χ4n) is 5.17. The molecule has 3 N–H and O–H groups in total. The molecule has 9 heteroatoms. The zero-order valence-electron chi connectivity index (χ0n) is 21.8. The number of methoxy groups -OCH3 is 1. The molecule has 0 aromatic carbocycles. The van der Waals surface area contributed by atoms with Gasteiger partial charge >= 0.3 is 5.97 Å². The lowest BCUT2D eigenvalue weighted by molar-refractivity contribution is -0.144. The number of fused-ring (bicyclic) bond motifs is 1. The van der Waals surface area contributed by atoms with E-state index in [1.165, 1.54) is 12.7 Å². The van der Waals surface area contributed by atoms with Crippen LogP contribution in [0.5, 0.6) is 0 Å². The van der Waals surface area contributed by atoms with Crippen molar-refractivity contribution < 1.29 is 24.2 Å². The van der Waals surface area contributed by atoms with Gasteiger partial charge in [0.05, 0.1) is 13.0 Å². The summed E-state index contributed by atoms with van der Waals surface area (Å²) in [6, 6.07) is 2.76. The maximum absolute atomic E-state index is 12.9. The van der Waals surface area contributed by atoms with Gasteiger partial charge in [-0.15, -0.1) is 0 Å². The molecule has 2 amide bonds. The number of nitrogens with zero attached hydrogens (tertiary/aromatic N) is 2. The van der Waals surface area contributed by atoms with Crippen LogP contribution in [0.4, 0.5) is 5.82 Å². The molecule has 0 aliphatic carbocycles. The van der Waals surface area contributed by atoms with Crippen molar-refractivity contribution in [2.75, 3.05) is 32.1 Å². The number of pyridine rings is 1. The summed E-state index contributed by atoms with van der Waals surface area (Å²) in [6.45, 7) is 3.74. The van der Waals surface area contributed by atoms with Crippen LogP contribution in [-0.2, 0) is 32.0 Å². The van der Waals surface area contributed by atoms with Crippen LogP contribution < -0.4 is 10.6 Å². The molecule has 3 heterocycles. The van der Waals surface area contributed by atoms with Crippen molar-refractivity contribution in [2.45, 2.75) is 89.6 Å². The first-order valence-corrected chi connectivity index (χ1v) is 13.4. The van der Waals surface area contributed by atoms with Crippen molar-refractivity contribution >= 4 is 23.6 Å². The number of nitrogens with one attached hydrogen (secondary N) is 2. The number of amides is 2. The number of rotatable bonds is 14. The number of anilines is 1. The number of unbranched alkanes of at least 4 members (excludes halogenated alkanes) is 4. The second-order valence-corrected chi connectivity index (χ2v) is 10.1. The Morgan fingerprint density at radius 2 is 2.00 bits per heavy atom. The minimum absolute atomic E-state index is 0.00803. The number of carboxylic acids is 1. The summed E-state index contributed by atoms with van der Waals surface area (Å²) in [5.41, 5.74) is 2.42. The van der Waals surface area contributed by atoms with Crippen molar-refractivity contribution in [3.63, 3.8) is 0 Å². The normalized spacial score (nSPS) is 19.9. The van der Waals surface area contributed by atoms with Gasteiger partial charge in [0, 0.05) is 25.9 Å². The van der Waals surface area contributed by atoms with Crippen molar-refractivity contribution in [3.05, 3.63) is 23.4 Å². The fraction of sp³-hybridized carbons (Fsp3) is 0.704. The maximum Gasteiger partial charge on any atom is 0.326 e. The average molecular weight is 503 g/mol. The molecular weight excluding hydrogens is 460 g/mol. The highest BCUT2D eigenvalue weighted by atomic mass is 16.5. The lowest BCUT2D eigenvalue weighted by Crippen LogP contribution is -2.52. The van der Waals surface area contributed by atoms with Gasteiger partial charge in [-0.3, -0.25) is 9.59 Å². The molecule has 1 saturated heterocycles. The molecule has 2 aliphatic heterocycles. The topological polar surface area (TPSA) is 121 Å². The third-order valence-electron chi connectivity index (χ3n) is 7.30. The van der Waals surface area contributed by atoms with Crippen LogP contribution in [0.15, 0.2) is 12.1 Å². The van der Waals surface area contributed by atoms with Crippen molar-refractivity contribution in [1.29, 1.82) is 0 Å². The van der Waals surface area contributed by atoms with Gasteiger partial charge in [-0.25, -0.2) is 9.78 Å². The predicted molar refractivity (Wildman–Crippen MR) is 138 cm³/mol. The predicted octanol–water partition coefficient (Wildman–Crippen LogP) is 3.17. The first-order chi connectivity index (χ1) is 17.4. The van der Waals surface area contributed by atoms with Crippen molar-refractivity contribution in [1.82, 2.24) is 15.2 Å². The van der Waals surface area contributed by atoms with Crippen LogP contribution in [0, 0.1) is 5.92 Å². The van der Waals surface area contributed by atoms with Crippen LogP contribution in [0.2, 0.25) is 0 Å². The van der Waals surface area contributed by atoms with Crippen LogP contribution in [0.1, 0.15) is 76.0 Å². The Bertz CT molecular complexity index is 893. The number of likely N-dealkylation sites (tertiary alicyclic amines) is 1. The SMILES string of the molecule is COCCC(=O)N1CC[C@H](C)[C@H]1C(=O)NC(CCCCCCCc1ccc2c(n1)NCCC2)C(=O)O. The number of carboxylic acid groups (broad SMARTS) is 1. The van der Waals surface area contributed by atoms with Gasteiger partial charge in [-0.1, -0.05) is 38.7 Å². The highest BCUT2D eigenvalue weighted by Crippen LogP contribution is 2.25. The smallest absolute Gasteiger partial charge is 0.326 e. The number of hydrogen-bond acceptors (Lipinski definition) is 6. The highest BCUT2D eigenvalue weighted by Gasteiger charge is 2.40. The Balaban J connectivity index is 1.36. The molecule has 1 unspecified atom stereocenters. The van der Waals surface area contributed by atoms with E-state index in [-0.39, 0.29) is 24.2 Å². The quantitative estimate of drug-likeness (QED) is 0.334. The first-order valence-electron chi connectivity index (χ1n) is 13.4. The van der Waals surface area contributed by atoms with E-state index in [0.29, 0.717) is 19.6 Å². The number of ether oxygens (including phenoxy) is 1. The van der Waals surface area contributed by atoms with E-state index in [9.17, 15) is 19.5 Å². The Kier molecular flexibility index (Phi) is 11.0. The van der Waals surface area contributed by atoms with Crippen molar-refractivity contribution in [2.24, 2.45) is 5.92 Å². The van der Waals surface area contributed by atoms with E-state index in [2.05, 4.69) is 22.8 Å². The van der Waals surface area contributed by atoms with Gasteiger partial charge in [0.15, 0.2) is 0 Å². The Labute approximate surface area is 214 Å². The summed E-state index contributed by atoms with van der Waals surface area (Å²) >= 11 is 0. The molecular formula is C27H42N4O5. The summed E-state index contributed by atoms with van der Waals surface area (Å²) in [7, 11) is 1.53. The van der Waals surface area contributed by atoms with Gasteiger partial charge in [0.1, 0.15) is 17.9 Å². The standard InChI is InChI=1S/C27H42N4O5/c1-19-14-17-31(23(32)15-18-36-2)24(19)26(33)30-22(27(34)35)11-7-5-3-4-6-10-21-13-12-20-9-8-16-28-25(20)29-21/h12-13,19,22,24H,3-11,14-18H2,1-2H3,(H,28,29)(H,30,33)(H,34,35)/t19-,22?,24-/m0/s1. The Morgan fingerprint density at radius 3 is 2.78 bits per heavy atom. The van der Waals surface area contributed by atoms with Crippen molar-refractivity contribution in [3.8, 4) is 0 Å².